The van der Waals surface area contributed by atoms with Crippen molar-refractivity contribution in [1.29, 1.82) is 0 Å². The summed E-state index contributed by atoms with van der Waals surface area (Å²) in [4.78, 5) is 24.4. The van der Waals surface area contributed by atoms with Crippen LogP contribution in [0, 0.1) is 34.5 Å². The largest absolute Gasteiger partial charge is 0.393 e. The third-order valence-corrected chi connectivity index (χ3v) is 8.68. The smallest absolute Gasteiger partial charge is 0.161 e. The van der Waals surface area contributed by atoms with Crippen LogP contribution in [-0.4, -0.2) is 34.5 Å². The summed E-state index contributed by atoms with van der Waals surface area (Å²) in [5, 5.41) is 20.7. The van der Waals surface area contributed by atoms with Crippen molar-refractivity contribution in [2.24, 2.45) is 34.5 Å². The van der Waals surface area contributed by atoms with Crippen molar-refractivity contribution in [3.8, 4) is 0 Å². The van der Waals surface area contributed by atoms with Gasteiger partial charge in [-0.15, -0.1) is 0 Å². The number of Topliss-reactive ketones (excluding diaryl/α,β-unsaturated/α-hetero) is 1. The monoisotopic (exact) mass is 360 g/mol. The van der Waals surface area contributed by atoms with Gasteiger partial charge in [-0.2, -0.15) is 0 Å². The summed E-state index contributed by atoms with van der Waals surface area (Å²) < 4.78 is 0. The van der Waals surface area contributed by atoms with Gasteiger partial charge in [0.1, 0.15) is 6.61 Å². The van der Waals surface area contributed by atoms with Gasteiger partial charge in [0.05, 0.1) is 6.10 Å². The van der Waals surface area contributed by atoms with Crippen molar-refractivity contribution < 1.29 is 19.8 Å². The normalized spacial score (nSPS) is 48.1. The molecule has 0 aromatic heterocycles. The predicted octanol–water partition coefficient (Wildman–Crippen LogP) is 3.06. The molecule has 0 saturated heterocycles. The Morgan fingerprint density at radius 1 is 1.23 bits per heavy atom. The molecule has 0 bridgehead atoms. The molecule has 0 radical (unpaired) electrons. The summed E-state index contributed by atoms with van der Waals surface area (Å²) in [6.45, 7) is 4.06. The molecule has 144 valence electrons. The van der Waals surface area contributed by atoms with Gasteiger partial charge in [0, 0.05) is 12.3 Å². The van der Waals surface area contributed by atoms with E-state index in [2.05, 4.69) is 13.8 Å². The molecule has 0 aliphatic heterocycles. The first-order chi connectivity index (χ1) is 12.3. The highest BCUT2D eigenvalue weighted by atomic mass is 16.3. The lowest BCUT2D eigenvalue weighted by Crippen LogP contribution is -2.60. The predicted molar refractivity (Wildman–Crippen MR) is 98.3 cm³/mol. The van der Waals surface area contributed by atoms with Crippen molar-refractivity contribution in [2.75, 3.05) is 6.61 Å². The van der Waals surface area contributed by atoms with E-state index in [1.54, 1.807) is 0 Å². The number of hydrogen-bond donors (Lipinski definition) is 2. The number of fused-ring (bicyclic) bond motifs is 5. The summed E-state index contributed by atoms with van der Waals surface area (Å²) in [6.07, 6.45) is 8.45. The Bertz CT molecular complexity index is 653. The Balaban J connectivity index is 1.71. The molecule has 4 aliphatic carbocycles. The average Bonchev–Trinajstić information content (AvgIpc) is 2.60. The Labute approximate surface area is 156 Å². The lowest BCUT2D eigenvalue weighted by Gasteiger charge is -2.63. The van der Waals surface area contributed by atoms with E-state index in [1.165, 1.54) is 5.57 Å². The van der Waals surface area contributed by atoms with Crippen molar-refractivity contribution in [3.63, 3.8) is 0 Å². The molecule has 0 unspecified atom stereocenters. The summed E-state index contributed by atoms with van der Waals surface area (Å²) >= 11 is 0. The molecular formula is C22H32O4. The number of rotatable bonds is 2. The van der Waals surface area contributed by atoms with Crippen LogP contribution in [0.5, 0.6) is 0 Å². The zero-order chi connectivity index (χ0) is 18.7. The maximum absolute atomic E-state index is 12.4. The van der Waals surface area contributed by atoms with E-state index in [4.69, 9.17) is 0 Å². The molecule has 2 N–H and O–H groups in total. The minimum Gasteiger partial charge on any atom is -0.393 e. The van der Waals surface area contributed by atoms with Crippen LogP contribution in [0.1, 0.15) is 65.2 Å². The van der Waals surface area contributed by atoms with Crippen molar-refractivity contribution >= 4 is 11.6 Å². The first kappa shape index (κ1) is 18.4. The number of carbonyl (C=O) groups excluding carboxylic acids is 2. The van der Waals surface area contributed by atoms with Crippen LogP contribution in [0.25, 0.3) is 0 Å². The molecule has 0 heterocycles. The number of aliphatic hydroxyl groups is 2. The van der Waals surface area contributed by atoms with Crippen LogP contribution in [-0.2, 0) is 9.59 Å². The highest BCUT2D eigenvalue weighted by Gasteiger charge is 2.61. The van der Waals surface area contributed by atoms with E-state index in [0.29, 0.717) is 24.7 Å². The topological polar surface area (TPSA) is 74.6 Å². The van der Waals surface area contributed by atoms with E-state index < -0.39 is 6.10 Å². The van der Waals surface area contributed by atoms with Crippen molar-refractivity contribution in [1.82, 2.24) is 0 Å². The molecule has 3 fully saturated rings. The average molecular weight is 360 g/mol. The van der Waals surface area contributed by atoms with Crippen LogP contribution in [0.2, 0.25) is 0 Å². The first-order valence-electron chi connectivity index (χ1n) is 10.4. The molecule has 4 nitrogen and oxygen atoms in total. The standard InChI is InChI=1S/C22H32O4/c1-21-9-8-14(24)10-13(21)6-7-15-16-4-3-5-17(19(26)12-23)22(16,2)11-18(25)20(15)21/h10,15-18,20,23,25H,3-9,11-12H2,1-2H3/t15-,16+,17+,18-,20+,21-,22-/m0/s1. The van der Waals surface area contributed by atoms with Gasteiger partial charge in [0.25, 0.3) is 0 Å². The zero-order valence-corrected chi connectivity index (χ0v) is 16.0. The fourth-order valence-electron chi connectivity index (χ4n) is 7.52. The highest BCUT2D eigenvalue weighted by Crippen LogP contribution is 2.65. The van der Waals surface area contributed by atoms with Crippen molar-refractivity contribution in [2.45, 2.75) is 71.3 Å². The summed E-state index contributed by atoms with van der Waals surface area (Å²) in [6, 6.07) is 0. The van der Waals surface area contributed by atoms with Crippen LogP contribution >= 0.6 is 0 Å². The van der Waals surface area contributed by atoms with E-state index >= 15 is 0 Å². The fourth-order valence-corrected chi connectivity index (χ4v) is 7.52. The van der Waals surface area contributed by atoms with E-state index in [1.807, 2.05) is 6.08 Å². The van der Waals surface area contributed by atoms with Gasteiger partial charge in [0.15, 0.2) is 11.6 Å². The van der Waals surface area contributed by atoms with Gasteiger partial charge < -0.3 is 10.2 Å². The molecule has 7 atom stereocenters. The number of hydrogen-bond acceptors (Lipinski definition) is 4. The SMILES string of the molecule is C[C@]12C[C@H](O)[C@H]3[C@@H](CCC4=CC(=O)CC[C@@]43C)[C@H]1CCC[C@@H]2C(=O)CO. The van der Waals surface area contributed by atoms with Gasteiger partial charge in [-0.3, -0.25) is 9.59 Å². The minimum absolute atomic E-state index is 0.0475. The van der Waals surface area contributed by atoms with E-state index in [9.17, 15) is 19.8 Å². The molecule has 0 spiro atoms. The third-order valence-electron chi connectivity index (χ3n) is 8.68. The van der Waals surface area contributed by atoms with Crippen LogP contribution in [0.15, 0.2) is 11.6 Å². The van der Waals surface area contributed by atoms with E-state index in [-0.39, 0.29) is 40.8 Å². The summed E-state index contributed by atoms with van der Waals surface area (Å²) in [5.41, 5.74) is 0.961. The molecule has 26 heavy (non-hydrogen) atoms. The van der Waals surface area contributed by atoms with Crippen LogP contribution < -0.4 is 0 Å². The maximum atomic E-state index is 12.4. The van der Waals surface area contributed by atoms with Crippen LogP contribution in [0.3, 0.4) is 0 Å². The Morgan fingerprint density at radius 3 is 2.73 bits per heavy atom. The lowest BCUT2D eigenvalue weighted by molar-refractivity contribution is -0.169. The van der Waals surface area contributed by atoms with Crippen LogP contribution in [0.4, 0.5) is 0 Å². The van der Waals surface area contributed by atoms with Gasteiger partial charge in [-0.1, -0.05) is 25.8 Å². The molecule has 4 rings (SSSR count). The second kappa shape index (κ2) is 6.27. The molecule has 3 saturated carbocycles. The first-order valence-corrected chi connectivity index (χ1v) is 10.4. The molecular weight excluding hydrogens is 328 g/mol. The van der Waals surface area contributed by atoms with Gasteiger partial charge >= 0.3 is 0 Å². The third kappa shape index (κ3) is 2.48. The molecule has 0 aromatic carbocycles. The molecule has 4 heteroatoms. The Morgan fingerprint density at radius 2 is 2.00 bits per heavy atom. The quantitative estimate of drug-likeness (QED) is 0.794. The van der Waals surface area contributed by atoms with Gasteiger partial charge in [-0.05, 0) is 73.2 Å². The fraction of sp³-hybridized carbons (Fsp3) is 0.818. The number of ketones is 2. The van der Waals surface area contributed by atoms with E-state index in [0.717, 1.165) is 38.5 Å². The van der Waals surface area contributed by atoms with Crippen molar-refractivity contribution in [3.05, 3.63) is 11.6 Å². The molecule has 4 aliphatic rings. The second-order valence-electron chi connectivity index (χ2n) is 9.77. The minimum atomic E-state index is -0.435. The zero-order valence-electron chi connectivity index (χ0n) is 16.0. The number of allylic oxidation sites excluding steroid dienone is 2. The highest BCUT2D eigenvalue weighted by molar-refractivity contribution is 5.91. The Hall–Kier alpha value is -1.00. The molecule has 0 amide bonds. The maximum Gasteiger partial charge on any atom is 0.161 e. The summed E-state index contributed by atoms with van der Waals surface area (Å²) in [5.74, 6) is 1.09. The van der Waals surface area contributed by atoms with Gasteiger partial charge in [-0.25, -0.2) is 0 Å². The molecule has 0 aromatic rings. The summed E-state index contributed by atoms with van der Waals surface area (Å²) in [7, 11) is 0. The van der Waals surface area contributed by atoms with Gasteiger partial charge in [0.2, 0.25) is 0 Å². The number of carbonyl (C=O) groups is 2. The number of aliphatic hydroxyl groups excluding tert-OH is 2. The lowest BCUT2D eigenvalue weighted by atomic mass is 9.42. The second-order valence-corrected chi connectivity index (χ2v) is 9.77. The Kier molecular flexibility index (Phi) is 4.43.